The molecule has 30 heavy (non-hydrogen) atoms. The van der Waals surface area contributed by atoms with Crippen molar-refractivity contribution >= 4 is 23.2 Å². The second-order valence-corrected chi connectivity index (χ2v) is 7.06. The highest BCUT2D eigenvalue weighted by atomic mass is 19.1. The summed E-state index contributed by atoms with van der Waals surface area (Å²) in [5, 5.41) is 5.18. The van der Waals surface area contributed by atoms with Gasteiger partial charge in [0.1, 0.15) is 5.82 Å². The van der Waals surface area contributed by atoms with Crippen LogP contribution in [0.5, 0.6) is 11.5 Å². The Bertz CT molecular complexity index is 931. The highest BCUT2D eigenvalue weighted by Gasteiger charge is 2.20. The number of amides is 2. The molecule has 0 radical (unpaired) electrons. The predicted octanol–water partition coefficient (Wildman–Crippen LogP) is 1.43. The molecule has 2 aromatic rings. The number of para-hydroxylation sites is 1. The number of ether oxygens (including phenoxy) is 2. The maximum absolute atomic E-state index is 13.9. The summed E-state index contributed by atoms with van der Waals surface area (Å²) in [5.41, 5.74) is 1.08. The largest absolute Gasteiger partial charge is 0.454 e. The van der Waals surface area contributed by atoms with E-state index < -0.39 is 11.8 Å². The molecule has 0 unspecified atom stereocenters. The van der Waals surface area contributed by atoms with E-state index in [-0.39, 0.29) is 12.6 Å². The highest BCUT2D eigenvalue weighted by molar-refractivity contribution is 6.39. The van der Waals surface area contributed by atoms with Gasteiger partial charge in [0.05, 0.1) is 5.69 Å². The van der Waals surface area contributed by atoms with Gasteiger partial charge in [-0.05, 0) is 24.3 Å². The summed E-state index contributed by atoms with van der Waals surface area (Å²) < 4.78 is 24.4. The van der Waals surface area contributed by atoms with Crippen molar-refractivity contribution in [3.05, 3.63) is 48.3 Å². The fourth-order valence-electron chi connectivity index (χ4n) is 3.49. The van der Waals surface area contributed by atoms with Crippen molar-refractivity contribution < 1.29 is 23.5 Å². The van der Waals surface area contributed by atoms with Gasteiger partial charge in [-0.3, -0.25) is 14.5 Å². The first-order valence-electron chi connectivity index (χ1n) is 9.81. The Balaban J connectivity index is 1.18. The second kappa shape index (κ2) is 9.00. The first kappa shape index (κ1) is 20.0. The summed E-state index contributed by atoms with van der Waals surface area (Å²) in [7, 11) is 0. The molecule has 2 heterocycles. The van der Waals surface area contributed by atoms with Crippen LogP contribution in [0.4, 0.5) is 15.8 Å². The van der Waals surface area contributed by atoms with Crippen LogP contribution in [0.1, 0.15) is 0 Å². The van der Waals surface area contributed by atoms with Gasteiger partial charge in [0.15, 0.2) is 11.5 Å². The van der Waals surface area contributed by atoms with Crippen molar-refractivity contribution in [1.29, 1.82) is 0 Å². The van der Waals surface area contributed by atoms with Crippen molar-refractivity contribution in [2.24, 2.45) is 0 Å². The molecular weight excluding hydrogens is 391 g/mol. The zero-order chi connectivity index (χ0) is 20.9. The van der Waals surface area contributed by atoms with E-state index in [1.165, 1.54) is 6.07 Å². The number of piperazine rings is 1. The van der Waals surface area contributed by atoms with Gasteiger partial charge in [0.2, 0.25) is 6.79 Å². The quantitative estimate of drug-likeness (QED) is 0.721. The summed E-state index contributed by atoms with van der Waals surface area (Å²) in [6.45, 7) is 4.04. The molecule has 0 bridgehead atoms. The molecule has 0 aliphatic carbocycles. The normalized spacial score (nSPS) is 15.7. The van der Waals surface area contributed by atoms with E-state index in [1.54, 1.807) is 30.3 Å². The monoisotopic (exact) mass is 414 g/mol. The van der Waals surface area contributed by atoms with Gasteiger partial charge in [0.25, 0.3) is 0 Å². The Morgan fingerprint density at radius 1 is 0.967 bits per heavy atom. The van der Waals surface area contributed by atoms with Crippen LogP contribution in [0, 0.1) is 5.82 Å². The molecule has 8 nitrogen and oxygen atoms in total. The first-order chi connectivity index (χ1) is 14.6. The molecule has 0 aromatic heterocycles. The number of halogens is 1. The Morgan fingerprint density at radius 3 is 2.53 bits per heavy atom. The van der Waals surface area contributed by atoms with Crippen LogP contribution in [-0.2, 0) is 9.59 Å². The lowest BCUT2D eigenvalue weighted by molar-refractivity contribution is -0.136. The Morgan fingerprint density at radius 2 is 1.73 bits per heavy atom. The van der Waals surface area contributed by atoms with Crippen LogP contribution >= 0.6 is 0 Å². The van der Waals surface area contributed by atoms with Gasteiger partial charge in [-0.15, -0.1) is 0 Å². The number of fused-ring (bicyclic) bond motifs is 1. The lowest BCUT2D eigenvalue weighted by Gasteiger charge is -2.36. The number of carbonyl (C=O) groups is 2. The molecule has 0 saturated carbocycles. The van der Waals surface area contributed by atoms with Crippen LogP contribution in [-0.4, -0.2) is 62.8 Å². The van der Waals surface area contributed by atoms with Gasteiger partial charge in [-0.1, -0.05) is 12.1 Å². The van der Waals surface area contributed by atoms with Crippen LogP contribution in [0.25, 0.3) is 0 Å². The number of nitrogens with one attached hydrogen (secondary N) is 2. The van der Waals surface area contributed by atoms with Gasteiger partial charge in [-0.2, -0.15) is 0 Å². The third kappa shape index (κ3) is 4.62. The molecule has 2 aliphatic rings. The number of carbonyl (C=O) groups excluding carboxylic acids is 2. The van der Waals surface area contributed by atoms with Crippen molar-refractivity contribution in [3.8, 4) is 11.5 Å². The van der Waals surface area contributed by atoms with E-state index in [0.29, 0.717) is 49.1 Å². The van der Waals surface area contributed by atoms with Gasteiger partial charge >= 0.3 is 11.8 Å². The molecule has 0 spiro atoms. The molecule has 1 saturated heterocycles. The average molecular weight is 414 g/mol. The van der Waals surface area contributed by atoms with Crippen molar-refractivity contribution in [2.45, 2.75) is 0 Å². The lowest BCUT2D eigenvalue weighted by Crippen LogP contribution is -2.49. The average Bonchev–Trinajstić information content (AvgIpc) is 3.22. The third-order valence-electron chi connectivity index (χ3n) is 5.12. The zero-order valence-electron chi connectivity index (χ0n) is 16.4. The number of anilines is 2. The van der Waals surface area contributed by atoms with Crippen molar-refractivity contribution in [1.82, 2.24) is 10.2 Å². The highest BCUT2D eigenvalue weighted by Crippen LogP contribution is 2.34. The topological polar surface area (TPSA) is 83.1 Å². The Kier molecular flexibility index (Phi) is 5.99. The first-order valence-corrected chi connectivity index (χ1v) is 9.81. The molecule has 9 heteroatoms. The minimum absolute atomic E-state index is 0.141. The van der Waals surface area contributed by atoms with E-state index >= 15 is 0 Å². The Hall–Kier alpha value is -3.33. The fourth-order valence-corrected chi connectivity index (χ4v) is 3.49. The van der Waals surface area contributed by atoms with Crippen LogP contribution in [0.3, 0.4) is 0 Å². The molecule has 158 valence electrons. The lowest BCUT2D eigenvalue weighted by atomic mass is 10.2. The summed E-state index contributed by atoms with van der Waals surface area (Å²) in [5.74, 6) is -0.516. The van der Waals surface area contributed by atoms with Gasteiger partial charge < -0.3 is 25.0 Å². The molecular formula is C21H23FN4O4. The predicted molar refractivity (Wildman–Crippen MR) is 109 cm³/mol. The summed E-state index contributed by atoms with van der Waals surface area (Å²) >= 11 is 0. The molecule has 2 N–H and O–H groups in total. The van der Waals surface area contributed by atoms with Gasteiger partial charge in [-0.25, -0.2) is 4.39 Å². The molecule has 1 fully saturated rings. The molecule has 0 atom stereocenters. The van der Waals surface area contributed by atoms with Crippen molar-refractivity contribution in [2.75, 3.05) is 56.3 Å². The van der Waals surface area contributed by atoms with E-state index in [4.69, 9.17) is 9.47 Å². The molecule has 2 aromatic carbocycles. The van der Waals surface area contributed by atoms with Crippen LogP contribution in [0.2, 0.25) is 0 Å². The third-order valence-corrected chi connectivity index (χ3v) is 5.12. The van der Waals surface area contributed by atoms with Crippen LogP contribution < -0.4 is 25.0 Å². The summed E-state index contributed by atoms with van der Waals surface area (Å²) in [4.78, 5) is 28.3. The van der Waals surface area contributed by atoms with Crippen LogP contribution in [0.15, 0.2) is 42.5 Å². The van der Waals surface area contributed by atoms with E-state index in [0.717, 1.165) is 13.1 Å². The minimum Gasteiger partial charge on any atom is -0.454 e. The summed E-state index contributed by atoms with van der Waals surface area (Å²) in [6.07, 6.45) is 0. The fraction of sp³-hybridized carbons (Fsp3) is 0.333. The minimum atomic E-state index is -0.738. The molecule has 2 amide bonds. The van der Waals surface area contributed by atoms with E-state index in [1.807, 2.05) is 11.0 Å². The Labute approximate surface area is 173 Å². The second-order valence-electron chi connectivity index (χ2n) is 7.06. The smallest absolute Gasteiger partial charge is 0.313 e. The number of rotatable bonds is 5. The van der Waals surface area contributed by atoms with Crippen molar-refractivity contribution in [3.63, 3.8) is 0 Å². The maximum Gasteiger partial charge on any atom is 0.313 e. The van der Waals surface area contributed by atoms with Gasteiger partial charge in [0, 0.05) is 51.0 Å². The summed E-state index contributed by atoms with van der Waals surface area (Å²) in [6, 6.07) is 11.7. The maximum atomic E-state index is 13.9. The van der Waals surface area contributed by atoms with E-state index in [2.05, 4.69) is 15.5 Å². The number of nitrogens with zero attached hydrogens (tertiary/aromatic N) is 2. The molecule has 4 rings (SSSR count). The SMILES string of the molecule is O=C(NCCN1CCN(c2ccccc2F)CC1)C(=O)Nc1ccc2c(c1)OCO2. The van der Waals surface area contributed by atoms with E-state index in [9.17, 15) is 14.0 Å². The molecule has 2 aliphatic heterocycles. The standard InChI is InChI=1S/C21H23FN4O4/c22-16-3-1-2-4-17(16)26-11-9-25(10-12-26)8-7-23-20(27)21(28)24-15-5-6-18-19(13-15)30-14-29-18/h1-6,13H,7-12,14H2,(H,23,27)(H,24,28). The number of hydrogen-bond acceptors (Lipinski definition) is 6. The zero-order valence-corrected chi connectivity index (χ0v) is 16.4. The number of hydrogen-bond donors (Lipinski definition) is 2. The number of benzene rings is 2.